The lowest BCUT2D eigenvalue weighted by Crippen LogP contribution is -2.35. The highest BCUT2D eigenvalue weighted by Gasteiger charge is 2.15. The van der Waals surface area contributed by atoms with Gasteiger partial charge in [-0.2, -0.15) is 0 Å². The molecule has 0 radical (unpaired) electrons. The SMILES string of the molecule is CN(Cc1ccco1)CC(C)(C)O. The summed E-state index contributed by atoms with van der Waals surface area (Å²) in [6.07, 6.45) is 1.66. The molecule has 1 N–H and O–H groups in total. The van der Waals surface area contributed by atoms with Crippen molar-refractivity contribution in [2.75, 3.05) is 13.6 Å². The van der Waals surface area contributed by atoms with E-state index >= 15 is 0 Å². The Morgan fingerprint density at radius 3 is 2.69 bits per heavy atom. The van der Waals surface area contributed by atoms with Crippen LogP contribution < -0.4 is 0 Å². The molecule has 0 aliphatic carbocycles. The van der Waals surface area contributed by atoms with Gasteiger partial charge in [0.2, 0.25) is 0 Å². The van der Waals surface area contributed by atoms with Crippen molar-refractivity contribution in [2.24, 2.45) is 0 Å². The number of furan rings is 1. The van der Waals surface area contributed by atoms with E-state index in [0.29, 0.717) is 6.54 Å². The molecule has 1 heterocycles. The van der Waals surface area contributed by atoms with Gasteiger partial charge in [-0.3, -0.25) is 4.90 Å². The van der Waals surface area contributed by atoms with Crippen LogP contribution in [-0.4, -0.2) is 29.2 Å². The van der Waals surface area contributed by atoms with Crippen LogP contribution >= 0.6 is 0 Å². The lowest BCUT2D eigenvalue weighted by molar-refractivity contribution is 0.0407. The molecular weight excluding hydrogens is 166 g/mol. The minimum absolute atomic E-state index is 0.633. The Bertz CT molecular complexity index is 236. The second-order valence-corrected chi connectivity index (χ2v) is 4.06. The van der Waals surface area contributed by atoms with E-state index in [1.165, 1.54) is 0 Å². The zero-order valence-corrected chi connectivity index (χ0v) is 8.45. The Morgan fingerprint density at radius 1 is 1.54 bits per heavy atom. The molecule has 3 nitrogen and oxygen atoms in total. The van der Waals surface area contributed by atoms with Gasteiger partial charge >= 0.3 is 0 Å². The molecule has 0 spiro atoms. The summed E-state index contributed by atoms with van der Waals surface area (Å²) in [5, 5.41) is 9.54. The smallest absolute Gasteiger partial charge is 0.117 e. The monoisotopic (exact) mass is 183 g/mol. The maximum absolute atomic E-state index is 9.54. The van der Waals surface area contributed by atoms with Gasteiger partial charge in [-0.15, -0.1) is 0 Å². The number of hydrogen-bond acceptors (Lipinski definition) is 3. The number of rotatable bonds is 4. The number of likely N-dealkylation sites (N-methyl/N-ethyl adjacent to an activating group) is 1. The summed E-state index contributed by atoms with van der Waals surface area (Å²) in [4.78, 5) is 2.03. The van der Waals surface area contributed by atoms with E-state index in [1.54, 1.807) is 20.1 Å². The summed E-state index contributed by atoms with van der Waals surface area (Å²) < 4.78 is 5.20. The van der Waals surface area contributed by atoms with E-state index in [4.69, 9.17) is 4.42 Å². The van der Waals surface area contributed by atoms with Gasteiger partial charge in [0.25, 0.3) is 0 Å². The average Bonchev–Trinajstić information content (AvgIpc) is 2.34. The van der Waals surface area contributed by atoms with Crippen molar-refractivity contribution in [2.45, 2.75) is 26.0 Å². The highest BCUT2D eigenvalue weighted by molar-refractivity contribution is 4.97. The topological polar surface area (TPSA) is 36.6 Å². The number of hydrogen-bond donors (Lipinski definition) is 1. The van der Waals surface area contributed by atoms with Crippen molar-refractivity contribution in [1.29, 1.82) is 0 Å². The van der Waals surface area contributed by atoms with Gasteiger partial charge < -0.3 is 9.52 Å². The molecule has 0 fully saturated rings. The first-order chi connectivity index (χ1) is 5.97. The standard InChI is InChI=1S/C10H17NO2/c1-10(2,12)8-11(3)7-9-5-4-6-13-9/h4-6,12H,7-8H2,1-3H3. The van der Waals surface area contributed by atoms with Crippen LogP contribution in [0.5, 0.6) is 0 Å². The van der Waals surface area contributed by atoms with Gasteiger partial charge in [0.1, 0.15) is 5.76 Å². The zero-order chi connectivity index (χ0) is 9.90. The fraction of sp³-hybridized carbons (Fsp3) is 0.600. The summed E-state index contributed by atoms with van der Waals surface area (Å²) in [5.41, 5.74) is -0.651. The molecule has 1 aromatic rings. The first-order valence-electron chi connectivity index (χ1n) is 4.41. The van der Waals surface area contributed by atoms with E-state index in [1.807, 2.05) is 24.1 Å². The van der Waals surface area contributed by atoms with Gasteiger partial charge in [-0.25, -0.2) is 0 Å². The average molecular weight is 183 g/mol. The minimum Gasteiger partial charge on any atom is -0.468 e. The van der Waals surface area contributed by atoms with Gasteiger partial charge in [-0.1, -0.05) is 0 Å². The van der Waals surface area contributed by atoms with E-state index in [0.717, 1.165) is 12.3 Å². The van der Waals surface area contributed by atoms with E-state index < -0.39 is 5.60 Å². The van der Waals surface area contributed by atoms with Crippen LogP contribution in [0.1, 0.15) is 19.6 Å². The molecule has 13 heavy (non-hydrogen) atoms. The highest BCUT2D eigenvalue weighted by Crippen LogP contribution is 2.08. The molecule has 0 aliphatic heterocycles. The molecule has 74 valence electrons. The second kappa shape index (κ2) is 3.94. The molecule has 1 rings (SSSR count). The normalized spacial score (nSPS) is 12.4. The molecule has 0 bridgehead atoms. The summed E-state index contributed by atoms with van der Waals surface area (Å²) >= 11 is 0. The van der Waals surface area contributed by atoms with Crippen molar-refractivity contribution in [3.8, 4) is 0 Å². The third kappa shape index (κ3) is 4.10. The van der Waals surface area contributed by atoms with Crippen LogP contribution in [0.3, 0.4) is 0 Å². The molecule has 0 amide bonds. The summed E-state index contributed by atoms with van der Waals surface area (Å²) in [7, 11) is 1.96. The zero-order valence-electron chi connectivity index (χ0n) is 8.45. The maximum Gasteiger partial charge on any atom is 0.117 e. The third-order valence-corrected chi connectivity index (χ3v) is 1.66. The minimum atomic E-state index is -0.651. The molecule has 0 unspecified atom stereocenters. The fourth-order valence-corrected chi connectivity index (χ4v) is 1.39. The van der Waals surface area contributed by atoms with Gasteiger partial charge in [0.05, 0.1) is 18.4 Å². The second-order valence-electron chi connectivity index (χ2n) is 4.06. The molecule has 3 heteroatoms. The van der Waals surface area contributed by atoms with Crippen LogP contribution in [0.4, 0.5) is 0 Å². The van der Waals surface area contributed by atoms with Gasteiger partial charge in [0, 0.05) is 6.54 Å². The number of nitrogens with zero attached hydrogens (tertiary/aromatic N) is 1. The largest absolute Gasteiger partial charge is 0.468 e. The predicted octanol–water partition coefficient (Wildman–Crippen LogP) is 1.48. The molecular formula is C10H17NO2. The van der Waals surface area contributed by atoms with Crippen molar-refractivity contribution < 1.29 is 9.52 Å². The van der Waals surface area contributed by atoms with Crippen molar-refractivity contribution in [1.82, 2.24) is 4.90 Å². The predicted molar refractivity (Wildman–Crippen MR) is 51.3 cm³/mol. The van der Waals surface area contributed by atoms with Crippen molar-refractivity contribution in [3.63, 3.8) is 0 Å². The first kappa shape index (κ1) is 10.3. The maximum atomic E-state index is 9.54. The van der Waals surface area contributed by atoms with E-state index in [9.17, 15) is 5.11 Å². The molecule has 1 aromatic heterocycles. The summed E-state index contributed by atoms with van der Waals surface area (Å²) in [6.45, 7) is 4.96. The molecule has 0 aliphatic rings. The van der Waals surface area contributed by atoms with E-state index in [2.05, 4.69) is 0 Å². The molecule has 0 saturated carbocycles. The van der Waals surface area contributed by atoms with Gasteiger partial charge in [-0.05, 0) is 33.0 Å². The Kier molecular flexibility index (Phi) is 3.12. The highest BCUT2D eigenvalue weighted by atomic mass is 16.3. The van der Waals surface area contributed by atoms with Gasteiger partial charge in [0.15, 0.2) is 0 Å². The Labute approximate surface area is 79.0 Å². The quantitative estimate of drug-likeness (QED) is 0.768. The molecule has 0 atom stereocenters. The Morgan fingerprint density at radius 2 is 2.23 bits per heavy atom. The Hall–Kier alpha value is -0.800. The van der Waals surface area contributed by atoms with Crippen molar-refractivity contribution in [3.05, 3.63) is 24.2 Å². The van der Waals surface area contributed by atoms with Crippen LogP contribution in [0, 0.1) is 0 Å². The van der Waals surface area contributed by atoms with Crippen LogP contribution in [0.2, 0.25) is 0 Å². The lowest BCUT2D eigenvalue weighted by Gasteiger charge is -2.24. The van der Waals surface area contributed by atoms with Crippen molar-refractivity contribution >= 4 is 0 Å². The van der Waals surface area contributed by atoms with Crippen LogP contribution in [-0.2, 0) is 6.54 Å². The Balaban J connectivity index is 2.38. The lowest BCUT2D eigenvalue weighted by atomic mass is 10.1. The molecule has 0 saturated heterocycles. The third-order valence-electron chi connectivity index (χ3n) is 1.66. The summed E-state index contributed by atoms with van der Waals surface area (Å²) in [6, 6.07) is 3.80. The van der Waals surface area contributed by atoms with Crippen LogP contribution in [0.15, 0.2) is 22.8 Å². The summed E-state index contributed by atoms with van der Waals surface area (Å²) in [5.74, 6) is 0.923. The van der Waals surface area contributed by atoms with Crippen LogP contribution in [0.25, 0.3) is 0 Å². The number of aliphatic hydroxyl groups is 1. The van der Waals surface area contributed by atoms with E-state index in [-0.39, 0.29) is 0 Å². The fourth-order valence-electron chi connectivity index (χ4n) is 1.39. The first-order valence-corrected chi connectivity index (χ1v) is 4.41. The molecule has 0 aromatic carbocycles.